The Kier molecular flexibility index (Phi) is 3.19. The van der Waals surface area contributed by atoms with Crippen LogP contribution >= 0.6 is 0 Å². The number of halogens is 3. The van der Waals surface area contributed by atoms with Crippen LogP contribution < -0.4 is 4.74 Å². The highest BCUT2D eigenvalue weighted by atomic mass is 19.4. The minimum atomic E-state index is -4.84. The van der Waals surface area contributed by atoms with Crippen LogP contribution in [0.25, 0.3) is 11.1 Å². The van der Waals surface area contributed by atoms with Gasteiger partial charge in [-0.1, -0.05) is 6.07 Å². The highest BCUT2D eigenvalue weighted by Gasteiger charge is 2.32. The summed E-state index contributed by atoms with van der Waals surface area (Å²) in [6.07, 6.45) is 0.991. The standard InChI is InChI=1S/C14H11F3N2O2/c15-14(16,17)21-13-5-9(1-2-10(13)8-20)11-6-18-19(7-11)12-3-4-12/h1-2,5-8,12H,3-4H2. The zero-order chi connectivity index (χ0) is 15.0. The smallest absolute Gasteiger partial charge is 0.405 e. The van der Waals surface area contributed by atoms with Gasteiger partial charge in [0.25, 0.3) is 0 Å². The van der Waals surface area contributed by atoms with E-state index in [0.717, 1.165) is 12.8 Å². The fourth-order valence-electron chi connectivity index (χ4n) is 2.05. The van der Waals surface area contributed by atoms with E-state index in [4.69, 9.17) is 0 Å². The molecule has 0 radical (unpaired) electrons. The van der Waals surface area contributed by atoms with Crippen LogP contribution in [0.2, 0.25) is 0 Å². The summed E-state index contributed by atoms with van der Waals surface area (Å²) in [5.41, 5.74) is 1.06. The van der Waals surface area contributed by atoms with Gasteiger partial charge in [0.2, 0.25) is 0 Å². The summed E-state index contributed by atoms with van der Waals surface area (Å²) in [4.78, 5) is 10.8. The molecular weight excluding hydrogens is 285 g/mol. The number of ether oxygens (including phenoxy) is 1. The molecule has 1 aromatic carbocycles. The van der Waals surface area contributed by atoms with Crippen LogP contribution in [0, 0.1) is 0 Å². The Labute approximate surface area is 118 Å². The van der Waals surface area contributed by atoms with Crippen LogP contribution in [0.4, 0.5) is 13.2 Å². The van der Waals surface area contributed by atoms with E-state index in [9.17, 15) is 18.0 Å². The first-order valence-corrected chi connectivity index (χ1v) is 6.36. The molecule has 1 aromatic heterocycles. The van der Waals surface area contributed by atoms with Crippen molar-refractivity contribution in [1.82, 2.24) is 9.78 Å². The largest absolute Gasteiger partial charge is 0.573 e. The Balaban J connectivity index is 1.94. The fourth-order valence-corrected chi connectivity index (χ4v) is 2.05. The van der Waals surface area contributed by atoms with E-state index in [1.807, 2.05) is 0 Å². The number of hydrogen-bond acceptors (Lipinski definition) is 3. The third-order valence-corrected chi connectivity index (χ3v) is 3.22. The van der Waals surface area contributed by atoms with Gasteiger partial charge in [0.1, 0.15) is 5.75 Å². The molecule has 7 heteroatoms. The van der Waals surface area contributed by atoms with Crippen LogP contribution in [0.3, 0.4) is 0 Å². The number of aldehydes is 1. The molecule has 1 heterocycles. The summed E-state index contributed by atoms with van der Waals surface area (Å²) >= 11 is 0. The first-order valence-electron chi connectivity index (χ1n) is 6.36. The lowest BCUT2D eigenvalue weighted by Crippen LogP contribution is -2.18. The van der Waals surface area contributed by atoms with Crippen molar-refractivity contribution in [3.8, 4) is 16.9 Å². The maximum absolute atomic E-state index is 12.4. The van der Waals surface area contributed by atoms with Gasteiger partial charge >= 0.3 is 6.36 Å². The maximum Gasteiger partial charge on any atom is 0.573 e. The number of aromatic nitrogens is 2. The molecular formula is C14H11F3N2O2. The third kappa shape index (κ3) is 3.07. The van der Waals surface area contributed by atoms with Crippen LogP contribution in [0.5, 0.6) is 5.75 Å². The molecule has 0 amide bonds. The molecule has 2 aromatic rings. The summed E-state index contributed by atoms with van der Waals surface area (Å²) in [6.45, 7) is 0. The Hall–Kier alpha value is -2.31. The lowest BCUT2D eigenvalue weighted by atomic mass is 10.1. The van der Waals surface area contributed by atoms with E-state index >= 15 is 0 Å². The van der Waals surface area contributed by atoms with Gasteiger partial charge in [-0.15, -0.1) is 13.2 Å². The monoisotopic (exact) mass is 296 g/mol. The van der Waals surface area contributed by atoms with Crippen LogP contribution in [-0.4, -0.2) is 22.4 Å². The molecule has 21 heavy (non-hydrogen) atoms. The van der Waals surface area contributed by atoms with Gasteiger partial charge in [0.05, 0.1) is 17.8 Å². The van der Waals surface area contributed by atoms with Gasteiger partial charge in [-0.2, -0.15) is 5.10 Å². The van der Waals surface area contributed by atoms with Gasteiger partial charge < -0.3 is 4.74 Å². The second kappa shape index (κ2) is 4.91. The Bertz CT molecular complexity index is 675. The number of carbonyl (C=O) groups excluding carboxylic acids is 1. The van der Waals surface area contributed by atoms with E-state index in [0.29, 0.717) is 23.5 Å². The minimum absolute atomic E-state index is 0.148. The molecule has 1 aliphatic carbocycles. The Morgan fingerprint density at radius 3 is 2.67 bits per heavy atom. The van der Waals surface area contributed by atoms with E-state index in [-0.39, 0.29) is 5.56 Å². The van der Waals surface area contributed by atoms with Crippen molar-refractivity contribution in [2.24, 2.45) is 0 Å². The molecule has 0 spiro atoms. The molecule has 0 unspecified atom stereocenters. The van der Waals surface area contributed by atoms with Crippen molar-refractivity contribution < 1.29 is 22.7 Å². The van der Waals surface area contributed by atoms with Crippen molar-refractivity contribution >= 4 is 6.29 Å². The van der Waals surface area contributed by atoms with Crippen molar-refractivity contribution in [3.05, 3.63) is 36.2 Å². The number of benzene rings is 1. The molecule has 1 fully saturated rings. The molecule has 1 aliphatic rings. The number of carbonyl (C=O) groups is 1. The summed E-state index contributed by atoms with van der Waals surface area (Å²) in [7, 11) is 0. The van der Waals surface area contributed by atoms with Crippen LogP contribution in [0.15, 0.2) is 30.6 Å². The van der Waals surface area contributed by atoms with E-state index in [2.05, 4.69) is 9.84 Å². The molecule has 0 saturated heterocycles. The Morgan fingerprint density at radius 2 is 2.05 bits per heavy atom. The fraction of sp³-hybridized carbons (Fsp3) is 0.286. The predicted octanol–water partition coefficient (Wildman–Crippen LogP) is 3.60. The lowest BCUT2D eigenvalue weighted by Gasteiger charge is -2.11. The highest BCUT2D eigenvalue weighted by molar-refractivity contribution is 5.81. The summed E-state index contributed by atoms with van der Waals surface area (Å²) in [5.74, 6) is -0.505. The molecule has 0 aliphatic heterocycles. The first kappa shape index (κ1) is 13.7. The highest BCUT2D eigenvalue weighted by Crippen LogP contribution is 2.36. The molecule has 110 valence electrons. The molecule has 1 saturated carbocycles. The van der Waals surface area contributed by atoms with Gasteiger partial charge in [0, 0.05) is 11.8 Å². The van der Waals surface area contributed by atoms with E-state index in [1.54, 1.807) is 23.1 Å². The average molecular weight is 296 g/mol. The molecule has 0 N–H and O–H groups in total. The van der Waals surface area contributed by atoms with Gasteiger partial charge in [-0.3, -0.25) is 9.48 Å². The summed E-state index contributed by atoms with van der Waals surface area (Å²) < 4.78 is 42.8. The number of hydrogen-bond donors (Lipinski definition) is 0. The topological polar surface area (TPSA) is 44.1 Å². The first-order chi connectivity index (χ1) is 9.96. The predicted molar refractivity (Wildman–Crippen MR) is 68.0 cm³/mol. The van der Waals surface area contributed by atoms with Crippen molar-refractivity contribution in [3.63, 3.8) is 0 Å². The van der Waals surface area contributed by atoms with Gasteiger partial charge in [-0.05, 0) is 30.5 Å². The van der Waals surface area contributed by atoms with E-state index in [1.165, 1.54) is 12.1 Å². The second-order valence-corrected chi connectivity index (χ2v) is 4.86. The van der Waals surface area contributed by atoms with Crippen LogP contribution in [-0.2, 0) is 0 Å². The molecule has 0 atom stereocenters. The number of alkyl halides is 3. The molecule has 4 nitrogen and oxygen atoms in total. The minimum Gasteiger partial charge on any atom is -0.405 e. The lowest BCUT2D eigenvalue weighted by molar-refractivity contribution is -0.274. The summed E-state index contributed by atoms with van der Waals surface area (Å²) in [6, 6.07) is 4.46. The number of nitrogens with zero attached hydrogens (tertiary/aromatic N) is 2. The molecule has 0 bridgehead atoms. The zero-order valence-electron chi connectivity index (χ0n) is 10.8. The third-order valence-electron chi connectivity index (χ3n) is 3.22. The summed E-state index contributed by atoms with van der Waals surface area (Å²) in [5, 5.41) is 4.19. The quantitative estimate of drug-likeness (QED) is 0.810. The van der Waals surface area contributed by atoms with Gasteiger partial charge in [-0.25, -0.2) is 0 Å². The zero-order valence-corrected chi connectivity index (χ0v) is 10.8. The van der Waals surface area contributed by atoms with Crippen LogP contribution in [0.1, 0.15) is 29.2 Å². The van der Waals surface area contributed by atoms with Crippen molar-refractivity contribution in [2.45, 2.75) is 25.2 Å². The van der Waals surface area contributed by atoms with E-state index < -0.39 is 12.1 Å². The van der Waals surface area contributed by atoms with Crippen molar-refractivity contribution in [2.75, 3.05) is 0 Å². The SMILES string of the molecule is O=Cc1ccc(-c2cnn(C3CC3)c2)cc1OC(F)(F)F. The average Bonchev–Trinajstić information content (AvgIpc) is 3.15. The Morgan fingerprint density at radius 1 is 1.29 bits per heavy atom. The number of rotatable bonds is 4. The maximum atomic E-state index is 12.4. The second-order valence-electron chi connectivity index (χ2n) is 4.86. The normalized spacial score (nSPS) is 15.0. The van der Waals surface area contributed by atoms with Gasteiger partial charge in [0.15, 0.2) is 6.29 Å². The molecule has 3 rings (SSSR count). The van der Waals surface area contributed by atoms with Crippen molar-refractivity contribution in [1.29, 1.82) is 0 Å².